The number of nitrogens with zero attached hydrogens (tertiary/aromatic N) is 1. The van der Waals surface area contributed by atoms with Crippen LogP contribution in [-0.4, -0.2) is 20.9 Å². The molecule has 0 saturated carbocycles. The van der Waals surface area contributed by atoms with Gasteiger partial charge >= 0.3 is 5.97 Å². The van der Waals surface area contributed by atoms with Gasteiger partial charge in [-0.3, -0.25) is 4.31 Å². The van der Waals surface area contributed by atoms with Crippen LogP contribution in [0.2, 0.25) is 5.02 Å². The summed E-state index contributed by atoms with van der Waals surface area (Å²) in [5.74, 6) is -2.84. The van der Waals surface area contributed by atoms with Crippen molar-refractivity contribution in [1.82, 2.24) is 0 Å². The molecule has 0 fully saturated rings. The first kappa shape index (κ1) is 20.8. The topological polar surface area (TPSA) is 63.7 Å². The van der Waals surface area contributed by atoms with Crippen molar-refractivity contribution < 1.29 is 26.7 Å². The van der Waals surface area contributed by atoms with Gasteiger partial charge in [0.05, 0.1) is 10.6 Å². The summed E-state index contributed by atoms with van der Waals surface area (Å²) < 4.78 is 59.4. The fourth-order valence-electron chi connectivity index (χ4n) is 2.49. The summed E-state index contributed by atoms with van der Waals surface area (Å²) in [6.07, 6.45) is 0. The summed E-state index contributed by atoms with van der Waals surface area (Å²) in [7, 11) is -4.33. The van der Waals surface area contributed by atoms with Gasteiger partial charge in [-0.05, 0) is 48.5 Å². The molecule has 0 heterocycles. The van der Waals surface area contributed by atoms with E-state index in [0.29, 0.717) is 15.4 Å². The van der Waals surface area contributed by atoms with Crippen molar-refractivity contribution >= 4 is 33.3 Å². The Balaban J connectivity index is 1.96. The lowest BCUT2D eigenvalue weighted by atomic mass is 10.3. The second-order valence-electron chi connectivity index (χ2n) is 5.85. The summed E-state index contributed by atoms with van der Waals surface area (Å²) >= 11 is 5.77. The molecule has 0 atom stereocenters. The first-order chi connectivity index (χ1) is 13.8. The second kappa shape index (κ2) is 8.59. The van der Waals surface area contributed by atoms with E-state index in [1.165, 1.54) is 48.5 Å². The average Bonchev–Trinajstić information content (AvgIpc) is 2.69. The Bertz CT molecular complexity index is 1120. The highest BCUT2D eigenvalue weighted by Crippen LogP contribution is 2.27. The van der Waals surface area contributed by atoms with Gasteiger partial charge < -0.3 is 4.74 Å². The number of sulfonamides is 1. The lowest BCUT2D eigenvalue weighted by Crippen LogP contribution is -2.38. The zero-order chi connectivity index (χ0) is 21.0. The number of hydrogen-bond donors (Lipinski definition) is 0. The number of esters is 1. The molecule has 0 saturated heterocycles. The molecule has 3 rings (SSSR count). The summed E-state index contributed by atoms with van der Waals surface area (Å²) in [5.41, 5.74) is -0.483. The Morgan fingerprint density at radius 2 is 1.62 bits per heavy atom. The Hall–Kier alpha value is -2.97. The third-order valence-electron chi connectivity index (χ3n) is 3.83. The molecule has 5 nitrogen and oxygen atoms in total. The maximum absolute atomic E-state index is 14.4. The highest BCUT2D eigenvalue weighted by Gasteiger charge is 2.30. The minimum Gasteiger partial charge on any atom is -0.425 e. The molecule has 0 spiro atoms. The van der Waals surface area contributed by atoms with Crippen molar-refractivity contribution in [3.05, 3.63) is 89.5 Å². The van der Waals surface area contributed by atoms with Crippen LogP contribution < -0.4 is 9.04 Å². The number of ether oxygens (including phenoxy) is 1. The van der Waals surface area contributed by atoms with Crippen LogP contribution in [0, 0.1) is 11.6 Å². The fourth-order valence-corrected chi connectivity index (χ4v) is 4.05. The molecule has 29 heavy (non-hydrogen) atoms. The number of carbonyl (C=O) groups excluding carboxylic acids is 1. The molecular weight excluding hydrogens is 424 g/mol. The van der Waals surface area contributed by atoms with E-state index in [0.717, 1.165) is 12.1 Å². The van der Waals surface area contributed by atoms with Crippen LogP contribution in [0.15, 0.2) is 77.7 Å². The number of carbonyl (C=O) groups is 1. The lowest BCUT2D eigenvalue weighted by Gasteiger charge is -2.24. The van der Waals surface area contributed by atoms with Crippen LogP contribution in [0.1, 0.15) is 0 Å². The summed E-state index contributed by atoms with van der Waals surface area (Å²) in [4.78, 5) is 12.2. The smallest absolute Gasteiger partial charge is 0.332 e. The molecule has 3 aromatic carbocycles. The van der Waals surface area contributed by atoms with Crippen LogP contribution in [0.25, 0.3) is 0 Å². The predicted molar refractivity (Wildman–Crippen MR) is 104 cm³/mol. The molecule has 0 aliphatic carbocycles. The molecule has 0 aromatic heterocycles. The van der Waals surface area contributed by atoms with Crippen molar-refractivity contribution in [3.63, 3.8) is 0 Å². The number of rotatable bonds is 6. The third-order valence-corrected chi connectivity index (χ3v) is 5.85. The maximum atomic E-state index is 14.4. The van der Waals surface area contributed by atoms with E-state index in [9.17, 15) is 22.0 Å². The van der Waals surface area contributed by atoms with Crippen LogP contribution in [0.5, 0.6) is 5.75 Å². The maximum Gasteiger partial charge on any atom is 0.332 e. The van der Waals surface area contributed by atoms with Gasteiger partial charge in [-0.15, -0.1) is 0 Å². The predicted octanol–water partition coefficient (Wildman–Crippen LogP) is 4.42. The highest BCUT2D eigenvalue weighted by atomic mass is 35.5. The van der Waals surface area contributed by atoms with Gasteiger partial charge in [-0.25, -0.2) is 22.0 Å². The molecule has 0 aliphatic heterocycles. The van der Waals surface area contributed by atoms with Gasteiger partial charge in [0.1, 0.15) is 23.9 Å². The summed E-state index contributed by atoms with van der Waals surface area (Å²) in [5, 5.41) is 0.423. The molecular formula is C20H14ClF2NO4S. The minimum atomic E-state index is -4.33. The molecule has 0 unspecified atom stereocenters. The molecule has 0 amide bonds. The Kier molecular flexibility index (Phi) is 6.14. The van der Waals surface area contributed by atoms with E-state index in [1.54, 1.807) is 6.07 Å². The van der Waals surface area contributed by atoms with E-state index in [2.05, 4.69) is 0 Å². The molecule has 0 radical (unpaired) electrons. The Morgan fingerprint density at radius 3 is 2.24 bits per heavy atom. The van der Waals surface area contributed by atoms with Crippen LogP contribution in [0.4, 0.5) is 14.5 Å². The number of anilines is 1. The van der Waals surface area contributed by atoms with Crippen molar-refractivity contribution in [3.8, 4) is 5.75 Å². The van der Waals surface area contributed by atoms with Gasteiger partial charge in [0.15, 0.2) is 0 Å². The highest BCUT2D eigenvalue weighted by molar-refractivity contribution is 7.92. The first-order valence-electron chi connectivity index (χ1n) is 8.26. The SMILES string of the molecule is O=C(CN(c1ccc(F)cc1F)S(=O)(=O)c1ccccc1)Oc1ccc(Cl)cc1. The normalized spacial score (nSPS) is 11.1. The largest absolute Gasteiger partial charge is 0.425 e. The van der Waals surface area contributed by atoms with Gasteiger partial charge in [0, 0.05) is 11.1 Å². The number of hydrogen-bond acceptors (Lipinski definition) is 4. The molecule has 0 bridgehead atoms. The second-order valence-corrected chi connectivity index (χ2v) is 8.15. The van der Waals surface area contributed by atoms with Gasteiger partial charge in [0.25, 0.3) is 10.0 Å². The van der Waals surface area contributed by atoms with Crippen LogP contribution >= 0.6 is 11.6 Å². The Labute approximate surface area is 171 Å². The summed E-state index contributed by atoms with van der Waals surface area (Å²) in [6, 6.07) is 15.4. The van der Waals surface area contributed by atoms with Crippen molar-refractivity contribution in [2.45, 2.75) is 4.90 Å². The molecule has 0 N–H and O–H groups in total. The lowest BCUT2D eigenvalue weighted by molar-refractivity contribution is -0.132. The molecule has 0 aliphatic rings. The average molecular weight is 438 g/mol. The zero-order valence-electron chi connectivity index (χ0n) is 14.8. The first-order valence-corrected chi connectivity index (χ1v) is 10.1. The zero-order valence-corrected chi connectivity index (χ0v) is 16.3. The molecule has 9 heteroatoms. The third kappa shape index (κ3) is 4.90. The van der Waals surface area contributed by atoms with Crippen LogP contribution in [-0.2, 0) is 14.8 Å². The summed E-state index contributed by atoms with van der Waals surface area (Å²) in [6.45, 7) is -0.831. The van der Waals surface area contributed by atoms with Gasteiger partial charge in [-0.2, -0.15) is 0 Å². The van der Waals surface area contributed by atoms with Crippen LogP contribution in [0.3, 0.4) is 0 Å². The minimum absolute atomic E-state index is 0.135. The molecule has 3 aromatic rings. The van der Waals surface area contributed by atoms with Crippen molar-refractivity contribution in [2.75, 3.05) is 10.8 Å². The van der Waals surface area contributed by atoms with E-state index < -0.39 is 39.9 Å². The quantitative estimate of drug-likeness (QED) is 0.423. The van der Waals surface area contributed by atoms with Gasteiger partial charge in [0.2, 0.25) is 0 Å². The standard InChI is InChI=1S/C20H14ClF2NO4S/c21-14-6-9-16(10-7-14)28-20(25)13-24(19-11-8-15(22)12-18(19)23)29(26,27)17-4-2-1-3-5-17/h1-12H,13H2. The monoisotopic (exact) mass is 437 g/mol. The van der Waals surface area contributed by atoms with E-state index in [1.807, 2.05) is 0 Å². The fraction of sp³-hybridized carbons (Fsp3) is 0.0500. The van der Waals surface area contributed by atoms with E-state index >= 15 is 0 Å². The van der Waals surface area contributed by atoms with Gasteiger partial charge in [-0.1, -0.05) is 29.8 Å². The number of halogens is 3. The number of benzene rings is 3. The van der Waals surface area contributed by atoms with Crippen molar-refractivity contribution in [1.29, 1.82) is 0 Å². The molecule has 150 valence electrons. The van der Waals surface area contributed by atoms with E-state index in [-0.39, 0.29) is 10.6 Å². The Morgan fingerprint density at radius 1 is 0.966 bits per heavy atom. The van der Waals surface area contributed by atoms with E-state index in [4.69, 9.17) is 16.3 Å². The van der Waals surface area contributed by atoms with Crippen molar-refractivity contribution in [2.24, 2.45) is 0 Å².